The number of rotatable bonds is 6. The minimum Gasteiger partial charge on any atom is -0.494 e. The van der Waals surface area contributed by atoms with Gasteiger partial charge in [0.2, 0.25) is 5.78 Å². The fraction of sp³-hybridized carbons (Fsp3) is 0.200. The molecule has 0 saturated heterocycles. The Morgan fingerprint density at radius 3 is 2.44 bits per heavy atom. The lowest BCUT2D eigenvalue weighted by atomic mass is 10.1. The normalized spacial score (nSPS) is 11.9. The van der Waals surface area contributed by atoms with E-state index in [1.165, 1.54) is 6.07 Å². The third kappa shape index (κ3) is 3.88. The number of carbonyl (C=O) groups excluding carboxylic acids is 1. The summed E-state index contributed by atoms with van der Waals surface area (Å²) in [6.45, 7) is 4.16. The molecule has 5 nitrogen and oxygen atoms in total. The van der Waals surface area contributed by atoms with Crippen LogP contribution in [-0.2, 0) is 0 Å². The van der Waals surface area contributed by atoms with Crippen LogP contribution in [0, 0.1) is 0 Å². The van der Waals surface area contributed by atoms with Crippen LogP contribution >= 0.6 is 0 Å². The van der Waals surface area contributed by atoms with Gasteiger partial charge in [0.25, 0.3) is 0 Å². The zero-order chi connectivity index (χ0) is 17.8. The summed E-state index contributed by atoms with van der Waals surface area (Å²) in [5.41, 5.74) is 0.539. The fourth-order valence-electron chi connectivity index (χ4n) is 2.49. The first-order valence-corrected chi connectivity index (χ1v) is 8.04. The standard InChI is InChI=1S/C20H18O5/c1-3-23-16-8-5-15(6-9-16)20(22)13(2)24-17-10-4-14-7-11-19(21)25-18(14)12-17/h4-13H,3H2,1-2H3/t13-/m0/s1. The average Bonchev–Trinajstić information content (AvgIpc) is 2.61. The maximum absolute atomic E-state index is 12.5. The Balaban J connectivity index is 1.75. The van der Waals surface area contributed by atoms with E-state index in [9.17, 15) is 9.59 Å². The minimum atomic E-state index is -0.675. The van der Waals surface area contributed by atoms with E-state index < -0.39 is 11.7 Å². The summed E-state index contributed by atoms with van der Waals surface area (Å²) >= 11 is 0. The molecule has 3 aromatic rings. The maximum atomic E-state index is 12.5. The summed E-state index contributed by atoms with van der Waals surface area (Å²) in [4.78, 5) is 23.8. The highest BCUT2D eigenvalue weighted by molar-refractivity contribution is 5.99. The number of hydrogen-bond donors (Lipinski definition) is 0. The van der Waals surface area contributed by atoms with E-state index in [0.29, 0.717) is 23.5 Å². The minimum absolute atomic E-state index is 0.141. The number of ether oxygens (including phenoxy) is 2. The van der Waals surface area contributed by atoms with Crippen molar-refractivity contribution in [2.45, 2.75) is 20.0 Å². The second kappa shape index (κ2) is 7.21. The van der Waals surface area contributed by atoms with Crippen molar-refractivity contribution in [1.82, 2.24) is 0 Å². The molecule has 0 bridgehead atoms. The second-order valence-corrected chi connectivity index (χ2v) is 5.54. The number of hydrogen-bond acceptors (Lipinski definition) is 5. The van der Waals surface area contributed by atoms with Gasteiger partial charge in [-0.05, 0) is 56.3 Å². The lowest BCUT2D eigenvalue weighted by Gasteiger charge is -2.14. The summed E-state index contributed by atoms with van der Waals surface area (Å²) in [7, 11) is 0. The zero-order valence-electron chi connectivity index (χ0n) is 14.0. The topological polar surface area (TPSA) is 65.7 Å². The maximum Gasteiger partial charge on any atom is 0.336 e. The van der Waals surface area contributed by atoms with Gasteiger partial charge in [-0.2, -0.15) is 0 Å². The summed E-state index contributed by atoms with van der Waals surface area (Å²) in [6.07, 6.45) is -0.675. The van der Waals surface area contributed by atoms with E-state index in [4.69, 9.17) is 13.9 Å². The van der Waals surface area contributed by atoms with Crippen molar-refractivity contribution in [3.05, 3.63) is 70.6 Å². The highest BCUT2D eigenvalue weighted by Crippen LogP contribution is 2.21. The quantitative estimate of drug-likeness (QED) is 0.505. The number of benzene rings is 2. The first-order valence-electron chi connectivity index (χ1n) is 8.04. The van der Waals surface area contributed by atoms with Crippen LogP contribution in [0.15, 0.2) is 63.8 Å². The summed E-state index contributed by atoms with van der Waals surface area (Å²) in [6, 6.07) is 15.1. The van der Waals surface area contributed by atoms with Crippen molar-refractivity contribution in [1.29, 1.82) is 0 Å². The van der Waals surface area contributed by atoms with E-state index in [2.05, 4.69) is 0 Å². The molecule has 0 aliphatic rings. The van der Waals surface area contributed by atoms with Gasteiger partial charge < -0.3 is 13.9 Å². The zero-order valence-corrected chi connectivity index (χ0v) is 14.0. The van der Waals surface area contributed by atoms with Gasteiger partial charge in [0.15, 0.2) is 6.10 Å². The van der Waals surface area contributed by atoms with Gasteiger partial charge in [0.05, 0.1) is 6.61 Å². The van der Waals surface area contributed by atoms with E-state index >= 15 is 0 Å². The highest BCUT2D eigenvalue weighted by atomic mass is 16.5. The summed E-state index contributed by atoms with van der Waals surface area (Å²) < 4.78 is 16.2. The molecule has 0 radical (unpaired) electrons. The molecule has 1 atom stereocenters. The second-order valence-electron chi connectivity index (χ2n) is 5.54. The molecule has 0 unspecified atom stereocenters. The van der Waals surface area contributed by atoms with Crippen LogP contribution in [0.4, 0.5) is 0 Å². The molecule has 1 aromatic heterocycles. The van der Waals surface area contributed by atoms with Crippen LogP contribution in [0.25, 0.3) is 11.0 Å². The molecule has 25 heavy (non-hydrogen) atoms. The smallest absolute Gasteiger partial charge is 0.336 e. The Labute approximate surface area is 144 Å². The van der Waals surface area contributed by atoms with Gasteiger partial charge >= 0.3 is 5.63 Å². The molecule has 128 valence electrons. The van der Waals surface area contributed by atoms with Crippen molar-refractivity contribution < 1.29 is 18.7 Å². The molecular weight excluding hydrogens is 320 g/mol. The Hall–Kier alpha value is -3.08. The van der Waals surface area contributed by atoms with Crippen LogP contribution < -0.4 is 15.1 Å². The van der Waals surface area contributed by atoms with Gasteiger partial charge in [0.1, 0.15) is 17.1 Å². The molecule has 1 heterocycles. The average molecular weight is 338 g/mol. The molecule has 0 aliphatic heterocycles. The number of fused-ring (bicyclic) bond motifs is 1. The van der Waals surface area contributed by atoms with Gasteiger partial charge in [-0.25, -0.2) is 4.79 Å². The third-order valence-corrected chi connectivity index (χ3v) is 3.73. The van der Waals surface area contributed by atoms with Crippen molar-refractivity contribution in [2.75, 3.05) is 6.61 Å². The molecule has 0 N–H and O–H groups in total. The van der Waals surface area contributed by atoms with Crippen LogP contribution in [0.2, 0.25) is 0 Å². The Morgan fingerprint density at radius 2 is 1.72 bits per heavy atom. The molecule has 2 aromatic carbocycles. The number of carbonyl (C=O) groups is 1. The Morgan fingerprint density at radius 1 is 1.04 bits per heavy atom. The SMILES string of the molecule is CCOc1ccc(C(=O)[C@H](C)Oc2ccc3ccc(=O)oc3c2)cc1. The van der Waals surface area contributed by atoms with Crippen LogP contribution in [0.3, 0.4) is 0 Å². The molecule has 5 heteroatoms. The Kier molecular flexibility index (Phi) is 4.84. The predicted octanol–water partition coefficient (Wildman–Crippen LogP) is 3.84. The van der Waals surface area contributed by atoms with E-state index in [0.717, 1.165) is 11.1 Å². The summed E-state index contributed by atoms with van der Waals surface area (Å²) in [5.74, 6) is 1.04. The van der Waals surface area contributed by atoms with Gasteiger partial charge in [-0.15, -0.1) is 0 Å². The van der Waals surface area contributed by atoms with E-state index in [1.54, 1.807) is 55.5 Å². The van der Waals surface area contributed by atoms with Crippen LogP contribution in [0.1, 0.15) is 24.2 Å². The van der Waals surface area contributed by atoms with Crippen LogP contribution in [0.5, 0.6) is 11.5 Å². The van der Waals surface area contributed by atoms with Crippen molar-refractivity contribution in [3.8, 4) is 11.5 Å². The highest BCUT2D eigenvalue weighted by Gasteiger charge is 2.17. The summed E-state index contributed by atoms with van der Waals surface area (Å²) in [5, 5.41) is 0.789. The predicted molar refractivity (Wildman–Crippen MR) is 94.5 cm³/mol. The van der Waals surface area contributed by atoms with Crippen molar-refractivity contribution in [3.63, 3.8) is 0 Å². The lowest BCUT2D eigenvalue weighted by molar-refractivity contribution is 0.0818. The molecule has 0 fully saturated rings. The fourth-order valence-corrected chi connectivity index (χ4v) is 2.49. The van der Waals surface area contributed by atoms with Crippen molar-refractivity contribution >= 4 is 16.8 Å². The van der Waals surface area contributed by atoms with E-state index in [1.807, 2.05) is 6.92 Å². The lowest BCUT2D eigenvalue weighted by Crippen LogP contribution is -2.23. The first kappa shape index (κ1) is 16.8. The Bertz CT molecular complexity index is 940. The molecule has 0 amide bonds. The molecule has 0 saturated carbocycles. The van der Waals surface area contributed by atoms with Gasteiger partial charge in [-0.1, -0.05) is 0 Å². The molecule has 0 aliphatic carbocycles. The van der Waals surface area contributed by atoms with Gasteiger partial charge in [-0.3, -0.25) is 4.79 Å². The number of ketones is 1. The molecular formula is C20H18O5. The monoisotopic (exact) mass is 338 g/mol. The van der Waals surface area contributed by atoms with Crippen LogP contribution in [-0.4, -0.2) is 18.5 Å². The van der Waals surface area contributed by atoms with Crippen molar-refractivity contribution in [2.24, 2.45) is 0 Å². The molecule has 3 rings (SSSR count). The largest absolute Gasteiger partial charge is 0.494 e. The van der Waals surface area contributed by atoms with Gasteiger partial charge in [0, 0.05) is 23.1 Å². The molecule has 0 spiro atoms. The number of Topliss-reactive ketones (excluding diaryl/α,β-unsaturated/α-hetero) is 1. The van der Waals surface area contributed by atoms with E-state index in [-0.39, 0.29) is 5.78 Å². The first-order chi connectivity index (χ1) is 12.1. The third-order valence-electron chi connectivity index (χ3n) is 3.73.